The molecule has 0 radical (unpaired) electrons. The van der Waals surface area contributed by atoms with Gasteiger partial charge >= 0.3 is 5.97 Å². The van der Waals surface area contributed by atoms with Crippen LogP contribution in [0.25, 0.3) is 0 Å². The minimum Gasteiger partial charge on any atom is -0.507 e. The minimum atomic E-state index is -0.570. The zero-order valence-corrected chi connectivity index (χ0v) is 12.5. The first kappa shape index (κ1) is 15.7. The summed E-state index contributed by atoms with van der Waals surface area (Å²) in [4.78, 5) is 11.9. The number of phenols is 1. The number of hydrogen-bond acceptors (Lipinski definition) is 5. The van der Waals surface area contributed by atoms with Crippen molar-refractivity contribution in [3.63, 3.8) is 0 Å². The predicted octanol–water partition coefficient (Wildman–Crippen LogP) is 2.95. The van der Waals surface area contributed by atoms with Crippen LogP contribution in [-0.2, 0) is 4.74 Å². The van der Waals surface area contributed by atoms with Gasteiger partial charge in [0.05, 0.1) is 7.11 Å². The van der Waals surface area contributed by atoms with Gasteiger partial charge in [0.2, 0.25) is 0 Å². The molecule has 116 valence electrons. The van der Waals surface area contributed by atoms with E-state index in [4.69, 9.17) is 14.2 Å². The number of phenolic OH excluding ortho intramolecular Hbond substituents is 1. The van der Waals surface area contributed by atoms with Crippen LogP contribution >= 0.6 is 0 Å². The molecule has 2 rings (SSSR count). The summed E-state index contributed by atoms with van der Waals surface area (Å²) in [6.45, 7) is 2.16. The van der Waals surface area contributed by atoms with Gasteiger partial charge in [-0.25, -0.2) is 4.79 Å². The molecule has 0 aliphatic rings. The van der Waals surface area contributed by atoms with E-state index in [1.165, 1.54) is 6.07 Å². The molecular formula is C17H18O5. The van der Waals surface area contributed by atoms with Gasteiger partial charge in [-0.1, -0.05) is 11.6 Å². The van der Waals surface area contributed by atoms with E-state index in [0.717, 1.165) is 11.3 Å². The summed E-state index contributed by atoms with van der Waals surface area (Å²) in [5.41, 5.74) is 1.03. The molecule has 5 nitrogen and oxygen atoms in total. The number of aryl methyl sites for hydroxylation is 1. The smallest absolute Gasteiger partial charge is 0.342 e. The first-order chi connectivity index (χ1) is 10.6. The molecule has 0 amide bonds. The number of aromatic hydroxyl groups is 1. The zero-order chi connectivity index (χ0) is 15.9. The molecule has 0 spiro atoms. The van der Waals surface area contributed by atoms with Crippen molar-refractivity contribution in [1.29, 1.82) is 0 Å². The summed E-state index contributed by atoms with van der Waals surface area (Å²) in [5, 5.41) is 9.65. The fourth-order valence-corrected chi connectivity index (χ4v) is 1.86. The van der Waals surface area contributed by atoms with E-state index in [2.05, 4.69) is 0 Å². The lowest BCUT2D eigenvalue weighted by Crippen LogP contribution is -2.12. The van der Waals surface area contributed by atoms with Crippen molar-refractivity contribution >= 4 is 5.97 Å². The quantitative estimate of drug-likeness (QED) is 0.656. The number of benzene rings is 2. The van der Waals surface area contributed by atoms with E-state index in [0.29, 0.717) is 5.75 Å². The summed E-state index contributed by atoms with van der Waals surface area (Å²) in [7, 11) is 1.59. The molecular weight excluding hydrogens is 284 g/mol. The van der Waals surface area contributed by atoms with Crippen LogP contribution in [0, 0.1) is 6.92 Å². The third-order valence-electron chi connectivity index (χ3n) is 3.02. The molecule has 0 saturated carbocycles. The van der Waals surface area contributed by atoms with Gasteiger partial charge in [0.1, 0.15) is 36.0 Å². The molecule has 0 heterocycles. The van der Waals surface area contributed by atoms with Gasteiger partial charge in [0, 0.05) is 0 Å². The molecule has 2 aromatic carbocycles. The molecule has 0 fully saturated rings. The topological polar surface area (TPSA) is 65.0 Å². The Balaban J connectivity index is 1.80. The maximum absolute atomic E-state index is 11.9. The van der Waals surface area contributed by atoms with Crippen molar-refractivity contribution in [3.8, 4) is 17.2 Å². The van der Waals surface area contributed by atoms with Crippen molar-refractivity contribution in [2.24, 2.45) is 0 Å². The number of methoxy groups -OCH3 is 1. The second-order valence-electron chi connectivity index (χ2n) is 4.68. The van der Waals surface area contributed by atoms with Gasteiger partial charge in [-0.05, 0) is 43.3 Å². The highest BCUT2D eigenvalue weighted by atomic mass is 16.6. The standard InChI is InChI=1S/C17H18O5/c1-12-3-8-16(18)15(11-12)17(19)22-10-9-21-14-6-4-13(20-2)5-7-14/h3-8,11,18H,9-10H2,1-2H3. The number of esters is 1. The van der Waals surface area contributed by atoms with E-state index in [1.54, 1.807) is 43.5 Å². The fourth-order valence-electron chi connectivity index (χ4n) is 1.86. The van der Waals surface area contributed by atoms with Crippen LogP contribution in [0.5, 0.6) is 17.2 Å². The molecule has 0 saturated heterocycles. The molecule has 1 N–H and O–H groups in total. The minimum absolute atomic E-state index is 0.0910. The van der Waals surface area contributed by atoms with Crippen molar-refractivity contribution in [3.05, 3.63) is 53.6 Å². The SMILES string of the molecule is COc1ccc(OCCOC(=O)c2cc(C)ccc2O)cc1. The Morgan fingerprint density at radius 1 is 1.05 bits per heavy atom. The molecule has 0 aromatic heterocycles. The van der Waals surface area contributed by atoms with Gasteiger partial charge in [-0.15, -0.1) is 0 Å². The summed E-state index contributed by atoms with van der Waals surface area (Å²) >= 11 is 0. The summed E-state index contributed by atoms with van der Waals surface area (Å²) in [6.07, 6.45) is 0. The normalized spacial score (nSPS) is 10.1. The van der Waals surface area contributed by atoms with E-state index >= 15 is 0 Å². The molecule has 2 aromatic rings. The predicted molar refractivity (Wildman–Crippen MR) is 81.6 cm³/mol. The summed E-state index contributed by atoms with van der Waals surface area (Å²) in [6, 6.07) is 11.9. The highest BCUT2D eigenvalue weighted by Crippen LogP contribution is 2.19. The molecule has 5 heteroatoms. The maximum atomic E-state index is 11.9. The number of ether oxygens (including phenoxy) is 3. The van der Waals surface area contributed by atoms with Crippen LogP contribution in [0.4, 0.5) is 0 Å². The average Bonchev–Trinajstić information content (AvgIpc) is 2.54. The molecule has 22 heavy (non-hydrogen) atoms. The highest BCUT2D eigenvalue weighted by molar-refractivity contribution is 5.92. The number of hydrogen-bond donors (Lipinski definition) is 1. The van der Waals surface area contributed by atoms with Crippen molar-refractivity contribution in [1.82, 2.24) is 0 Å². The van der Waals surface area contributed by atoms with Gasteiger partial charge in [0.15, 0.2) is 0 Å². The van der Waals surface area contributed by atoms with E-state index in [-0.39, 0.29) is 24.5 Å². The largest absolute Gasteiger partial charge is 0.507 e. The number of carbonyl (C=O) groups is 1. The lowest BCUT2D eigenvalue weighted by atomic mass is 10.1. The van der Waals surface area contributed by atoms with Crippen molar-refractivity contribution < 1.29 is 24.1 Å². The van der Waals surface area contributed by atoms with Crippen LogP contribution in [0.3, 0.4) is 0 Å². The summed E-state index contributed by atoms with van der Waals surface area (Å²) in [5.74, 6) is 0.746. The van der Waals surface area contributed by atoms with Crippen LogP contribution in [0.1, 0.15) is 15.9 Å². The maximum Gasteiger partial charge on any atom is 0.342 e. The van der Waals surface area contributed by atoms with Gasteiger partial charge in [-0.3, -0.25) is 0 Å². The van der Waals surface area contributed by atoms with Gasteiger partial charge < -0.3 is 19.3 Å². The molecule has 0 aliphatic heterocycles. The van der Waals surface area contributed by atoms with Gasteiger partial charge in [0.25, 0.3) is 0 Å². The van der Waals surface area contributed by atoms with E-state index in [1.807, 2.05) is 6.92 Å². The van der Waals surface area contributed by atoms with Crippen LogP contribution in [0.15, 0.2) is 42.5 Å². The Bertz CT molecular complexity index is 634. The Hall–Kier alpha value is -2.69. The second-order valence-corrected chi connectivity index (χ2v) is 4.68. The molecule has 0 unspecified atom stereocenters. The molecule has 0 atom stereocenters. The Morgan fingerprint density at radius 3 is 2.41 bits per heavy atom. The number of rotatable bonds is 6. The zero-order valence-electron chi connectivity index (χ0n) is 12.5. The first-order valence-corrected chi connectivity index (χ1v) is 6.84. The monoisotopic (exact) mass is 302 g/mol. The van der Waals surface area contributed by atoms with Crippen LogP contribution in [0.2, 0.25) is 0 Å². The van der Waals surface area contributed by atoms with Gasteiger partial charge in [-0.2, -0.15) is 0 Å². The van der Waals surface area contributed by atoms with E-state index in [9.17, 15) is 9.90 Å². The highest BCUT2D eigenvalue weighted by Gasteiger charge is 2.12. The second kappa shape index (κ2) is 7.36. The van der Waals surface area contributed by atoms with Crippen molar-refractivity contribution in [2.45, 2.75) is 6.92 Å². The fraction of sp³-hybridized carbons (Fsp3) is 0.235. The van der Waals surface area contributed by atoms with Crippen molar-refractivity contribution in [2.75, 3.05) is 20.3 Å². The Labute approximate surface area is 129 Å². The Morgan fingerprint density at radius 2 is 1.73 bits per heavy atom. The molecule has 0 aliphatic carbocycles. The number of carbonyl (C=O) groups excluding carboxylic acids is 1. The van der Waals surface area contributed by atoms with Crippen LogP contribution in [-0.4, -0.2) is 31.4 Å². The molecule has 0 bridgehead atoms. The Kier molecular flexibility index (Phi) is 5.25. The van der Waals surface area contributed by atoms with Crippen LogP contribution < -0.4 is 9.47 Å². The third-order valence-corrected chi connectivity index (χ3v) is 3.02. The summed E-state index contributed by atoms with van der Waals surface area (Å²) < 4.78 is 15.6. The lowest BCUT2D eigenvalue weighted by molar-refractivity contribution is 0.0447. The first-order valence-electron chi connectivity index (χ1n) is 6.84. The lowest BCUT2D eigenvalue weighted by Gasteiger charge is -2.09. The average molecular weight is 302 g/mol. The van der Waals surface area contributed by atoms with E-state index < -0.39 is 5.97 Å². The third kappa shape index (κ3) is 4.15.